The Kier molecular flexibility index (Phi) is 3.73. The van der Waals surface area contributed by atoms with Crippen molar-refractivity contribution in [2.24, 2.45) is 0 Å². The van der Waals surface area contributed by atoms with Crippen LogP contribution in [0.5, 0.6) is 0 Å². The lowest BCUT2D eigenvalue weighted by molar-refractivity contribution is 0.673. The molecule has 6 aromatic rings. The van der Waals surface area contributed by atoms with Crippen LogP contribution in [-0.2, 0) is 0 Å². The van der Waals surface area contributed by atoms with Gasteiger partial charge in [-0.1, -0.05) is 73.4 Å². The van der Waals surface area contributed by atoms with Crippen molar-refractivity contribution in [3.05, 3.63) is 72.8 Å². The summed E-state index contributed by atoms with van der Waals surface area (Å²) < 4.78 is 7.67. The first-order chi connectivity index (χ1) is 14.5. The number of rotatable bonds is 2. The summed E-state index contributed by atoms with van der Waals surface area (Å²) in [4.78, 5) is 4.98. The van der Waals surface area contributed by atoms with Crippen molar-refractivity contribution in [2.75, 3.05) is 0 Å². The number of nitrogens with zero attached hydrogens (tertiary/aromatic N) is 1. The minimum Gasteiger partial charge on any atom is -0.455 e. The topological polar surface area (TPSA) is 26.0 Å². The number of benzene rings is 4. The monoisotopic (exact) mass is 423 g/mol. The molecule has 0 aliphatic carbocycles. The molecule has 0 aliphatic heterocycles. The Morgan fingerprint density at radius 2 is 1.63 bits per heavy atom. The Morgan fingerprint density at radius 1 is 0.833 bits per heavy atom. The lowest BCUT2D eigenvalue weighted by Crippen LogP contribution is -2.37. The largest absolute Gasteiger partial charge is 0.455 e. The van der Waals surface area contributed by atoms with Crippen LogP contribution in [0.4, 0.5) is 0 Å². The molecule has 0 spiro atoms. The summed E-state index contributed by atoms with van der Waals surface area (Å²) in [6, 6.07) is 25.9. The van der Waals surface area contributed by atoms with Gasteiger partial charge in [-0.3, -0.25) is 0 Å². The van der Waals surface area contributed by atoms with E-state index in [4.69, 9.17) is 9.40 Å². The van der Waals surface area contributed by atoms with Gasteiger partial charge in [0.25, 0.3) is 0 Å². The van der Waals surface area contributed by atoms with Crippen molar-refractivity contribution in [3.8, 4) is 10.6 Å². The predicted molar refractivity (Wildman–Crippen MR) is 133 cm³/mol. The molecule has 30 heavy (non-hydrogen) atoms. The standard InChI is InChI=1S/C26H21NOSSi/c1-30(2,3)17-12-13-22-19(15-17)24-20(26-27-21-10-6-7-11-23(21)29-26)14-16-8-4-5-9-18(16)25(24)28-22/h4-15H,1-3H3. The van der Waals surface area contributed by atoms with Gasteiger partial charge in [-0.15, -0.1) is 11.3 Å². The second-order valence-electron chi connectivity index (χ2n) is 8.90. The van der Waals surface area contributed by atoms with Crippen LogP contribution in [0.25, 0.3) is 53.5 Å². The molecule has 0 bridgehead atoms. The normalized spacial score (nSPS) is 12.5. The summed E-state index contributed by atoms with van der Waals surface area (Å²) in [5.74, 6) is 0. The van der Waals surface area contributed by atoms with Crippen LogP contribution < -0.4 is 5.19 Å². The number of thiazole rings is 1. The second-order valence-corrected chi connectivity index (χ2v) is 15.0. The SMILES string of the molecule is C[Si](C)(C)c1ccc2oc3c4ccccc4cc(-c4nc5ccccc5s4)c3c2c1. The molecule has 0 saturated carbocycles. The quantitative estimate of drug-likeness (QED) is 0.269. The number of fused-ring (bicyclic) bond motifs is 6. The zero-order valence-electron chi connectivity index (χ0n) is 17.2. The molecule has 0 fully saturated rings. The van der Waals surface area contributed by atoms with E-state index in [2.05, 4.69) is 92.4 Å². The maximum atomic E-state index is 6.46. The fraction of sp³-hybridized carbons (Fsp3) is 0.115. The van der Waals surface area contributed by atoms with Crippen molar-refractivity contribution >= 4 is 67.5 Å². The highest BCUT2D eigenvalue weighted by Crippen LogP contribution is 2.42. The number of hydrogen-bond donors (Lipinski definition) is 0. The van der Waals surface area contributed by atoms with Gasteiger partial charge in [0, 0.05) is 21.7 Å². The van der Waals surface area contributed by atoms with Gasteiger partial charge in [-0.25, -0.2) is 4.98 Å². The van der Waals surface area contributed by atoms with Gasteiger partial charge < -0.3 is 4.42 Å². The predicted octanol–water partition coefficient (Wildman–Crippen LogP) is 7.56. The molecule has 2 nitrogen and oxygen atoms in total. The molecule has 4 heteroatoms. The van der Waals surface area contributed by atoms with Gasteiger partial charge in [-0.05, 0) is 29.7 Å². The van der Waals surface area contributed by atoms with E-state index in [9.17, 15) is 0 Å². The summed E-state index contributed by atoms with van der Waals surface area (Å²) in [5.41, 5.74) is 4.13. The number of furan rings is 1. The van der Waals surface area contributed by atoms with E-state index < -0.39 is 8.07 Å². The third-order valence-electron chi connectivity index (χ3n) is 5.85. The molecule has 4 aromatic carbocycles. The molecule has 0 N–H and O–H groups in total. The van der Waals surface area contributed by atoms with Crippen LogP contribution in [0.2, 0.25) is 19.6 Å². The Labute approximate surface area is 179 Å². The molecule has 0 amide bonds. The molecule has 2 heterocycles. The Balaban J connectivity index is 1.79. The second kappa shape index (κ2) is 6.27. The fourth-order valence-corrected chi connectivity index (χ4v) is 6.38. The molecule has 6 rings (SSSR count). The number of para-hydroxylation sites is 1. The third kappa shape index (κ3) is 2.64. The van der Waals surface area contributed by atoms with Gasteiger partial charge in [0.05, 0.1) is 18.3 Å². The molecular formula is C26H21NOSSi. The van der Waals surface area contributed by atoms with E-state index in [-0.39, 0.29) is 0 Å². The van der Waals surface area contributed by atoms with Gasteiger partial charge in [0.2, 0.25) is 0 Å². The fourth-order valence-electron chi connectivity index (χ4n) is 4.23. The summed E-state index contributed by atoms with van der Waals surface area (Å²) in [7, 11) is -1.44. The lowest BCUT2D eigenvalue weighted by Gasteiger charge is -2.16. The average molecular weight is 424 g/mol. The van der Waals surface area contributed by atoms with E-state index in [0.717, 1.165) is 32.6 Å². The molecule has 2 aromatic heterocycles. The zero-order valence-corrected chi connectivity index (χ0v) is 19.0. The van der Waals surface area contributed by atoms with Crippen molar-refractivity contribution in [3.63, 3.8) is 0 Å². The smallest absolute Gasteiger partial charge is 0.143 e. The van der Waals surface area contributed by atoms with Crippen molar-refractivity contribution in [1.82, 2.24) is 4.98 Å². The number of hydrogen-bond acceptors (Lipinski definition) is 3. The van der Waals surface area contributed by atoms with Crippen molar-refractivity contribution in [2.45, 2.75) is 19.6 Å². The summed E-state index contributed by atoms with van der Waals surface area (Å²) in [6.45, 7) is 7.17. The van der Waals surface area contributed by atoms with E-state index in [1.807, 2.05) is 0 Å². The highest BCUT2D eigenvalue weighted by molar-refractivity contribution is 7.21. The third-order valence-corrected chi connectivity index (χ3v) is 8.97. The molecule has 0 unspecified atom stereocenters. The molecular weight excluding hydrogens is 402 g/mol. The molecule has 146 valence electrons. The lowest BCUT2D eigenvalue weighted by atomic mass is 10.0. The Morgan fingerprint density at radius 3 is 2.47 bits per heavy atom. The first-order valence-corrected chi connectivity index (χ1v) is 14.6. The minimum atomic E-state index is -1.44. The highest BCUT2D eigenvalue weighted by Gasteiger charge is 2.22. The Bertz CT molecular complexity index is 1550. The molecule has 0 aliphatic rings. The number of aromatic nitrogens is 1. The van der Waals surface area contributed by atoms with Crippen LogP contribution in [0, 0.1) is 0 Å². The van der Waals surface area contributed by atoms with Crippen LogP contribution in [0.15, 0.2) is 77.2 Å². The van der Waals surface area contributed by atoms with E-state index in [1.54, 1.807) is 11.3 Å². The van der Waals surface area contributed by atoms with Crippen LogP contribution in [0.3, 0.4) is 0 Å². The maximum absolute atomic E-state index is 6.46. The van der Waals surface area contributed by atoms with E-state index in [1.165, 1.54) is 26.0 Å². The Hall–Kier alpha value is -2.95. The van der Waals surface area contributed by atoms with Gasteiger partial charge in [-0.2, -0.15) is 0 Å². The van der Waals surface area contributed by atoms with E-state index >= 15 is 0 Å². The summed E-state index contributed by atoms with van der Waals surface area (Å²) >= 11 is 1.75. The van der Waals surface area contributed by atoms with E-state index in [0.29, 0.717) is 0 Å². The van der Waals surface area contributed by atoms with Crippen LogP contribution >= 0.6 is 11.3 Å². The first-order valence-electron chi connectivity index (χ1n) is 10.2. The summed E-state index contributed by atoms with van der Waals surface area (Å²) in [6.07, 6.45) is 0. The van der Waals surface area contributed by atoms with Gasteiger partial charge in [0.1, 0.15) is 16.2 Å². The molecule has 0 radical (unpaired) electrons. The van der Waals surface area contributed by atoms with Crippen LogP contribution in [0.1, 0.15) is 0 Å². The maximum Gasteiger partial charge on any atom is 0.143 e. The molecule has 0 saturated heterocycles. The van der Waals surface area contributed by atoms with Gasteiger partial charge in [0.15, 0.2) is 0 Å². The van der Waals surface area contributed by atoms with Crippen LogP contribution in [-0.4, -0.2) is 13.1 Å². The first kappa shape index (κ1) is 17.9. The average Bonchev–Trinajstić information content (AvgIpc) is 3.34. The van der Waals surface area contributed by atoms with Crippen molar-refractivity contribution < 1.29 is 4.42 Å². The summed E-state index contributed by atoms with van der Waals surface area (Å²) in [5, 5.41) is 7.22. The zero-order chi connectivity index (χ0) is 20.5. The molecule has 0 atom stereocenters. The minimum absolute atomic E-state index is 0.950. The van der Waals surface area contributed by atoms with Crippen molar-refractivity contribution in [1.29, 1.82) is 0 Å². The highest BCUT2D eigenvalue weighted by atomic mass is 32.1. The van der Waals surface area contributed by atoms with Gasteiger partial charge >= 0.3 is 0 Å².